The predicted molar refractivity (Wildman–Crippen MR) is 70.8 cm³/mol. The molecule has 0 heterocycles. The molecule has 1 unspecified atom stereocenters. The number of hydrogen-bond donors (Lipinski definition) is 1. The van der Waals surface area contributed by atoms with Crippen LogP contribution >= 0.6 is 0 Å². The molecule has 0 aliphatic rings. The third kappa shape index (κ3) is 9.18. The lowest BCUT2D eigenvalue weighted by Gasteiger charge is -2.22. The van der Waals surface area contributed by atoms with Gasteiger partial charge in [-0.25, -0.2) is 9.59 Å². The molecule has 7 nitrogen and oxygen atoms in total. The summed E-state index contributed by atoms with van der Waals surface area (Å²) in [6.07, 6.45) is -0.828. The fourth-order valence-corrected chi connectivity index (χ4v) is 1.11. The van der Waals surface area contributed by atoms with Crippen molar-refractivity contribution in [3.8, 4) is 0 Å². The van der Waals surface area contributed by atoms with Crippen LogP contribution in [0.2, 0.25) is 0 Å². The smallest absolute Gasteiger partial charge is 0.410 e. The third-order valence-electron chi connectivity index (χ3n) is 1.89. The number of nitrogens with one attached hydrogen (secondary N) is 1. The van der Waals surface area contributed by atoms with Crippen LogP contribution < -0.4 is 5.32 Å². The second-order valence-corrected chi connectivity index (χ2v) is 5.16. The fourth-order valence-electron chi connectivity index (χ4n) is 1.11. The monoisotopic (exact) mass is 289 g/mol. The summed E-state index contributed by atoms with van der Waals surface area (Å²) in [6, 6.07) is 0. The molecule has 0 bridgehead atoms. The lowest BCUT2D eigenvalue weighted by atomic mass is 10.2. The zero-order valence-corrected chi connectivity index (χ0v) is 12.6. The van der Waals surface area contributed by atoms with Crippen molar-refractivity contribution in [2.75, 3.05) is 6.61 Å². The van der Waals surface area contributed by atoms with Crippen molar-refractivity contribution >= 4 is 18.0 Å². The molecule has 0 aromatic heterocycles. The molecule has 0 aliphatic carbocycles. The molecule has 1 atom stereocenters. The zero-order chi connectivity index (χ0) is 15.8. The van der Waals surface area contributed by atoms with E-state index in [1.54, 1.807) is 20.8 Å². The highest BCUT2D eigenvalue weighted by molar-refractivity contribution is 5.82. The summed E-state index contributed by atoms with van der Waals surface area (Å²) in [7, 11) is 0. The van der Waals surface area contributed by atoms with Gasteiger partial charge in [-0.15, -0.1) is 0 Å². The minimum Gasteiger partial charge on any atom is -0.462 e. The second kappa shape index (κ2) is 8.39. The zero-order valence-electron chi connectivity index (χ0n) is 12.6. The Hall–Kier alpha value is -1.79. The summed E-state index contributed by atoms with van der Waals surface area (Å²) in [5.74, 6) is -1.54. The standard InChI is InChI=1S/C13H23NO6/c1-6-7-8-18-11(16)10(19-9(2)15)14-12(17)20-13(3,4)5/h10H,6-8H2,1-5H3,(H,14,17). The number of esters is 2. The van der Waals surface area contributed by atoms with E-state index < -0.39 is 29.9 Å². The Labute approximate surface area is 118 Å². The summed E-state index contributed by atoms with van der Waals surface area (Å²) < 4.78 is 14.6. The van der Waals surface area contributed by atoms with Crippen LogP contribution in [0.3, 0.4) is 0 Å². The maximum absolute atomic E-state index is 11.7. The molecule has 0 spiro atoms. The number of unbranched alkanes of at least 4 members (excludes halogenated alkanes) is 1. The van der Waals surface area contributed by atoms with Crippen LogP contribution in [0.5, 0.6) is 0 Å². The molecule has 0 aromatic rings. The van der Waals surface area contributed by atoms with Crippen LogP contribution in [0.25, 0.3) is 0 Å². The van der Waals surface area contributed by atoms with Gasteiger partial charge in [0, 0.05) is 6.92 Å². The van der Waals surface area contributed by atoms with Gasteiger partial charge in [0.25, 0.3) is 6.23 Å². The summed E-state index contributed by atoms with van der Waals surface area (Å²) >= 11 is 0. The van der Waals surface area contributed by atoms with E-state index in [2.05, 4.69) is 5.32 Å². The van der Waals surface area contributed by atoms with Gasteiger partial charge in [-0.3, -0.25) is 10.1 Å². The van der Waals surface area contributed by atoms with Gasteiger partial charge in [-0.1, -0.05) is 13.3 Å². The van der Waals surface area contributed by atoms with Gasteiger partial charge in [0.1, 0.15) is 5.60 Å². The summed E-state index contributed by atoms with van der Waals surface area (Å²) in [5.41, 5.74) is -0.725. The lowest BCUT2D eigenvalue weighted by molar-refractivity contribution is -0.168. The molecular formula is C13H23NO6. The predicted octanol–water partition coefficient (Wildman–Crippen LogP) is 1.74. The van der Waals surface area contributed by atoms with Crippen molar-refractivity contribution in [2.24, 2.45) is 0 Å². The maximum atomic E-state index is 11.7. The molecule has 1 amide bonds. The number of alkyl carbamates (subject to hydrolysis) is 1. The van der Waals surface area contributed by atoms with Crippen LogP contribution in [0.1, 0.15) is 47.5 Å². The molecule has 0 radical (unpaired) electrons. The van der Waals surface area contributed by atoms with Crippen molar-refractivity contribution in [1.29, 1.82) is 0 Å². The molecule has 0 aliphatic heterocycles. The molecule has 0 rings (SSSR count). The van der Waals surface area contributed by atoms with Crippen molar-refractivity contribution in [1.82, 2.24) is 5.32 Å². The quantitative estimate of drug-likeness (QED) is 0.346. The Balaban J connectivity index is 4.51. The molecule has 0 aromatic carbocycles. The maximum Gasteiger partial charge on any atom is 0.410 e. The molecular weight excluding hydrogens is 266 g/mol. The Kier molecular flexibility index (Phi) is 7.64. The van der Waals surface area contributed by atoms with Crippen LogP contribution in [0.4, 0.5) is 4.79 Å². The van der Waals surface area contributed by atoms with Crippen molar-refractivity contribution < 1.29 is 28.6 Å². The van der Waals surface area contributed by atoms with E-state index in [1.807, 2.05) is 6.92 Å². The number of rotatable bonds is 6. The average molecular weight is 289 g/mol. The van der Waals surface area contributed by atoms with E-state index in [0.717, 1.165) is 13.3 Å². The highest BCUT2D eigenvalue weighted by Gasteiger charge is 2.27. The van der Waals surface area contributed by atoms with E-state index >= 15 is 0 Å². The van der Waals surface area contributed by atoms with Crippen molar-refractivity contribution in [2.45, 2.75) is 59.3 Å². The highest BCUT2D eigenvalue weighted by Crippen LogP contribution is 2.07. The number of ether oxygens (including phenoxy) is 3. The third-order valence-corrected chi connectivity index (χ3v) is 1.89. The topological polar surface area (TPSA) is 90.9 Å². The van der Waals surface area contributed by atoms with Crippen molar-refractivity contribution in [3.63, 3.8) is 0 Å². The van der Waals surface area contributed by atoms with Crippen LogP contribution in [-0.2, 0) is 23.8 Å². The first kappa shape index (κ1) is 18.2. The van der Waals surface area contributed by atoms with E-state index in [-0.39, 0.29) is 6.61 Å². The van der Waals surface area contributed by atoms with Gasteiger partial charge in [-0.05, 0) is 27.2 Å². The Morgan fingerprint density at radius 2 is 1.80 bits per heavy atom. The largest absolute Gasteiger partial charge is 0.462 e. The molecule has 0 saturated heterocycles. The highest BCUT2D eigenvalue weighted by atomic mass is 16.6. The second-order valence-electron chi connectivity index (χ2n) is 5.16. The van der Waals surface area contributed by atoms with Gasteiger partial charge >= 0.3 is 18.0 Å². The Morgan fingerprint density at radius 3 is 2.25 bits per heavy atom. The van der Waals surface area contributed by atoms with E-state index in [4.69, 9.17) is 14.2 Å². The van der Waals surface area contributed by atoms with E-state index in [0.29, 0.717) is 6.42 Å². The van der Waals surface area contributed by atoms with Gasteiger partial charge in [0.15, 0.2) is 0 Å². The first-order chi connectivity index (χ1) is 9.15. The van der Waals surface area contributed by atoms with E-state index in [1.165, 1.54) is 0 Å². The fraction of sp³-hybridized carbons (Fsp3) is 0.769. The minimum atomic E-state index is -1.50. The minimum absolute atomic E-state index is 0.198. The number of hydrogen-bond acceptors (Lipinski definition) is 6. The number of amides is 1. The van der Waals surface area contributed by atoms with Gasteiger partial charge in [0.05, 0.1) is 6.61 Å². The Morgan fingerprint density at radius 1 is 1.20 bits per heavy atom. The Bertz CT molecular complexity index is 347. The van der Waals surface area contributed by atoms with Gasteiger partial charge in [-0.2, -0.15) is 0 Å². The molecule has 7 heteroatoms. The van der Waals surface area contributed by atoms with Crippen LogP contribution in [0.15, 0.2) is 0 Å². The molecule has 0 saturated carbocycles. The SMILES string of the molecule is CCCCOC(=O)C(NC(=O)OC(C)(C)C)OC(C)=O. The first-order valence-corrected chi connectivity index (χ1v) is 6.49. The first-order valence-electron chi connectivity index (χ1n) is 6.49. The summed E-state index contributed by atoms with van der Waals surface area (Å²) in [6.45, 7) is 8.29. The summed E-state index contributed by atoms with van der Waals surface area (Å²) in [5, 5.41) is 2.15. The van der Waals surface area contributed by atoms with Gasteiger partial charge in [0.2, 0.25) is 0 Å². The normalized spacial score (nSPS) is 12.2. The number of carbonyl (C=O) groups excluding carboxylic acids is 3. The molecule has 0 fully saturated rings. The van der Waals surface area contributed by atoms with Crippen LogP contribution in [-0.4, -0.2) is 36.5 Å². The lowest BCUT2D eigenvalue weighted by Crippen LogP contribution is -2.46. The average Bonchev–Trinajstić information content (AvgIpc) is 2.25. The van der Waals surface area contributed by atoms with E-state index in [9.17, 15) is 14.4 Å². The van der Waals surface area contributed by atoms with Crippen LogP contribution in [0, 0.1) is 0 Å². The molecule has 1 N–H and O–H groups in total. The summed E-state index contributed by atoms with van der Waals surface area (Å²) in [4.78, 5) is 34.2. The van der Waals surface area contributed by atoms with Gasteiger partial charge < -0.3 is 14.2 Å². The molecule has 20 heavy (non-hydrogen) atoms. The van der Waals surface area contributed by atoms with Crippen molar-refractivity contribution in [3.05, 3.63) is 0 Å². The number of carbonyl (C=O) groups is 3. The molecule has 116 valence electrons.